The zero-order valence-corrected chi connectivity index (χ0v) is 21.4. The van der Waals surface area contributed by atoms with Gasteiger partial charge in [-0.2, -0.15) is 0 Å². The highest BCUT2D eigenvalue weighted by Gasteiger charge is 2.33. The Labute approximate surface area is 214 Å². The number of halogens is 2. The average Bonchev–Trinajstić information content (AvgIpc) is 3.27. The van der Waals surface area contributed by atoms with E-state index in [1.807, 2.05) is 17.9 Å². The van der Waals surface area contributed by atoms with Crippen molar-refractivity contribution in [2.45, 2.75) is 31.1 Å². The van der Waals surface area contributed by atoms with Gasteiger partial charge in [-0.15, -0.1) is 0 Å². The summed E-state index contributed by atoms with van der Waals surface area (Å²) in [6.07, 6.45) is 5.37. The predicted molar refractivity (Wildman–Crippen MR) is 136 cm³/mol. The van der Waals surface area contributed by atoms with Gasteiger partial charge in [-0.3, -0.25) is 9.10 Å². The molecule has 184 valence electrons. The molecule has 1 aliphatic rings. The van der Waals surface area contributed by atoms with E-state index in [4.69, 9.17) is 27.9 Å². The van der Waals surface area contributed by atoms with E-state index in [9.17, 15) is 13.2 Å². The van der Waals surface area contributed by atoms with Crippen LogP contribution in [-0.2, 0) is 26.0 Å². The number of anilines is 3. The highest BCUT2D eigenvalue weighted by molar-refractivity contribution is 7.92. The maximum Gasteiger partial charge on any atom is 0.326 e. The molecule has 8 nitrogen and oxygen atoms in total. The largest absolute Gasteiger partial charge is 0.464 e. The standard InChI is InChI=1S/C24H24Cl2N4O4S/c1-2-3-12-34-23(31)16-30(35(32,33)19-14-17(25)13-18(26)15-19)22-7-4-6-21-20(22)8-11-29(21)24-27-9-5-10-28-24/h4-7,9-10,13-15H,2-3,8,11-12,16H2,1H3. The predicted octanol–water partition coefficient (Wildman–Crippen LogP) is 5.02. The zero-order chi connectivity index (χ0) is 25.0. The summed E-state index contributed by atoms with van der Waals surface area (Å²) >= 11 is 12.2. The van der Waals surface area contributed by atoms with Gasteiger partial charge in [-0.05, 0) is 49.2 Å². The first-order valence-corrected chi connectivity index (χ1v) is 13.3. The fraction of sp³-hybridized carbons (Fsp3) is 0.292. The Kier molecular flexibility index (Phi) is 7.78. The number of carbonyl (C=O) groups excluding carboxylic acids is 1. The molecule has 0 saturated heterocycles. The first-order valence-electron chi connectivity index (χ1n) is 11.1. The number of fused-ring (bicyclic) bond motifs is 1. The van der Waals surface area contributed by atoms with E-state index in [1.165, 1.54) is 18.2 Å². The molecule has 3 aromatic rings. The molecule has 1 aliphatic heterocycles. The zero-order valence-electron chi connectivity index (χ0n) is 19.0. The van der Waals surface area contributed by atoms with Crippen molar-refractivity contribution in [1.82, 2.24) is 9.97 Å². The molecule has 11 heteroatoms. The maximum absolute atomic E-state index is 13.8. The Morgan fingerprint density at radius 1 is 1.11 bits per heavy atom. The minimum atomic E-state index is -4.21. The Hall–Kier alpha value is -2.88. The summed E-state index contributed by atoms with van der Waals surface area (Å²) in [7, 11) is -4.21. The Bertz CT molecular complexity index is 1300. The summed E-state index contributed by atoms with van der Waals surface area (Å²) < 4.78 is 34.0. The fourth-order valence-electron chi connectivity index (χ4n) is 3.89. The van der Waals surface area contributed by atoms with Crippen molar-refractivity contribution in [3.05, 3.63) is 70.5 Å². The number of unbranched alkanes of at least 4 members (excludes halogenated alkanes) is 1. The van der Waals surface area contributed by atoms with Crippen molar-refractivity contribution in [2.75, 3.05) is 28.9 Å². The van der Waals surface area contributed by atoms with Gasteiger partial charge in [0.25, 0.3) is 10.0 Å². The van der Waals surface area contributed by atoms with Crippen molar-refractivity contribution in [2.24, 2.45) is 0 Å². The first kappa shape index (κ1) is 25.2. The minimum absolute atomic E-state index is 0.116. The minimum Gasteiger partial charge on any atom is -0.464 e. The van der Waals surface area contributed by atoms with Crippen LogP contribution in [0, 0.1) is 0 Å². The maximum atomic E-state index is 13.8. The highest BCUT2D eigenvalue weighted by atomic mass is 35.5. The summed E-state index contributed by atoms with van der Waals surface area (Å²) in [5.74, 6) is -0.132. The van der Waals surface area contributed by atoms with E-state index in [0.29, 0.717) is 31.0 Å². The van der Waals surface area contributed by atoms with E-state index in [2.05, 4.69) is 9.97 Å². The van der Waals surface area contributed by atoms with E-state index < -0.39 is 22.5 Å². The number of hydrogen-bond acceptors (Lipinski definition) is 7. The summed E-state index contributed by atoms with van der Waals surface area (Å²) in [4.78, 5) is 23.1. The topological polar surface area (TPSA) is 92.7 Å². The third kappa shape index (κ3) is 5.52. The number of carbonyl (C=O) groups is 1. The molecule has 0 atom stereocenters. The Morgan fingerprint density at radius 2 is 1.83 bits per heavy atom. The SMILES string of the molecule is CCCCOC(=O)CN(c1cccc2c1CCN2c1ncccn1)S(=O)(=O)c1cc(Cl)cc(Cl)c1. The Morgan fingerprint density at radius 3 is 2.51 bits per heavy atom. The number of hydrogen-bond donors (Lipinski definition) is 0. The molecule has 0 radical (unpaired) electrons. The van der Waals surface area contributed by atoms with Crippen molar-refractivity contribution in [3.63, 3.8) is 0 Å². The van der Waals surface area contributed by atoms with Crippen LogP contribution in [0.2, 0.25) is 10.0 Å². The molecule has 2 aromatic carbocycles. The molecule has 2 heterocycles. The number of sulfonamides is 1. The van der Waals surface area contributed by atoms with E-state index in [0.717, 1.165) is 22.0 Å². The van der Waals surface area contributed by atoms with Gasteiger partial charge in [0.05, 0.1) is 17.2 Å². The molecular formula is C24H24Cl2N4O4S. The lowest BCUT2D eigenvalue weighted by atomic mass is 10.1. The van der Waals surface area contributed by atoms with Crippen molar-refractivity contribution >= 4 is 56.5 Å². The van der Waals surface area contributed by atoms with E-state index in [1.54, 1.807) is 30.6 Å². The van der Waals surface area contributed by atoms with Crippen LogP contribution < -0.4 is 9.21 Å². The number of aromatic nitrogens is 2. The number of esters is 1. The van der Waals surface area contributed by atoms with E-state index >= 15 is 0 Å². The second-order valence-corrected chi connectivity index (χ2v) is 10.7. The summed E-state index contributed by atoms with van der Waals surface area (Å²) in [5.41, 5.74) is 1.92. The molecule has 0 saturated carbocycles. The van der Waals surface area contributed by atoms with Gasteiger partial charge < -0.3 is 9.64 Å². The molecule has 0 spiro atoms. The average molecular weight is 535 g/mol. The molecule has 0 bridgehead atoms. The lowest BCUT2D eigenvalue weighted by Gasteiger charge is -2.26. The van der Waals surface area contributed by atoms with Gasteiger partial charge in [0, 0.05) is 40.2 Å². The fourth-order valence-corrected chi connectivity index (χ4v) is 6.05. The number of nitrogens with zero attached hydrogens (tertiary/aromatic N) is 4. The molecular weight excluding hydrogens is 511 g/mol. The second-order valence-electron chi connectivity index (χ2n) is 7.92. The lowest BCUT2D eigenvalue weighted by Crippen LogP contribution is -2.37. The normalized spacial score (nSPS) is 12.9. The second kappa shape index (κ2) is 10.8. The smallest absolute Gasteiger partial charge is 0.326 e. The van der Waals surface area contributed by atoms with Crippen LogP contribution in [0.25, 0.3) is 0 Å². The number of ether oxygens (including phenoxy) is 1. The van der Waals surface area contributed by atoms with E-state index in [-0.39, 0.29) is 21.5 Å². The summed E-state index contributed by atoms with van der Waals surface area (Å²) in [5, 5.41) is 0.347. The third-order valence-corrected chi connectivity index (χ3v) is 7.70. The summed E-state index contributed by atoms with van der Waals surface area (Å²) in [6.45, 7) is 2.27. The first-order chi connectivity index (χ1) is 16.8. The molecule has 4 rings (SSSR count). The highest BCUT2D eigenvalue weighted by Crippen LogP contribution is 2.40. The van der Waals surface area contributed by atoms with Crippen LogP contribution in [0.1, 0.15) is 25.3 Å². The van der Waals surface area contributed by atoms with Crippen LogP contribution in [-0.4, -0.2) is 44.1 Å². The molecule has 35 heavy (non-hydrogen) atoms. The molecule has 1 aromatic heterocycles. The number of benzene rings is 2. The van der Waals surface area contributed by atoms with Crippen molar-refractivity contribution in [3.8, 4) is 0 Å². The van der Waals surface area contributed by atoms with Gasteiger partial charge in [-0.25, -0.2) is 18.4 Å². The van der Waals surface area contributed by atoms with Crippen LogP contribution in [0.3, 0.4) is 0 Å². The van der Waals surface area contributed by atoms with Crippen molar-refractivity contribution < 1.29 is 17.9 Å². The Balaban J connectivity index is 1.78. The quantitative estimate of drug-likeness (QED) is 0.281. The molecule has 0 unspecified atom stereocenters. The number of rotatable bonds is 9. The third-order valence-electron chi connectivity index (χ3n) is 5.52. The molecule has 0 aliphatic carbocycles. The van der Waals surface area contributed by atoms with Crippen LogP contribution >= 0.6 is 23.2 Å². The van der Waals surface area contributed by atoms with Crippen LogP contribution in [0.4, 0.5) is 17.3 Å². The van der Waals surface area contributed by atoms with Gasteiger partial charge in [0.2, 0.25) is 5.95 Å². The van der Waals surface area contributed by atoms with Gasteiger partial charge >= 0.3 is 5.97 Å². The summed E-state index contributed by atoms with van der Waals surface area (Å²) in [6, 6.07) is 11.1. The van der Waals surface area contributed by atoms with Crippen LogP contribution in [0.5, 0.6) is 0 Å². The van der Waals surface area contributed by atoms with Gasteiger partial charge in [0.15, 0.2) is 0 Å². The van der Waals surface area contributed by atoms with Gasteiger partial charge in [-0.1, -0.05) is 42.6 Å². The molecule has 0 fully saturated rings. The molecule has 0 N–H and O–H groups in total. The van der Waals surface area contributed by atoms with Crippen LogP contribution in [0.15, 0.2) is 59.8 Å². The monoisotopic (exact) mass is 534 g/mol. The lowest BCUT2D eigenvalue weighted by molar-refractivity contribution is -0.141. The van der Waals surface area contributed by atoms with Crippen molar-refractivity contribution in [1.29, 1.82) is 0 Å². The molecule has 0 amide bonds. The van der Waals surface area contributed by atoms with Gasteiger partial charge in [0.1, 0.15) is 6.54 Å².